The molecule has 33 heavy (non-hydrogen) atoms. The number of methoxy groups -OCH3 is 2. The number of furan rings is 1. The molecule has 1 heterocycles. The number of aliphatic carboxylic acids is 1. The Morgan fingerprint density at radius 3 is 2.48 bits per heavy atom. The van der Waals surface area contributed by atoms with E-state index in [9.17, 15) is 4.79 Å². The lowest BCUT2D eigenvalue weighted by Crippen LogP contribution is -2.04. The smallest absolute Gasteiger partial charge is 0.307 e. The van der Waals surface area contributed by atoms with Crippen molar-refractivity contribution in [2.45, 2.75) is 19.6 Å². The van der Waals surface area contributed by atoms with Crippen LogP contribution in [0.15, 0.2) is 65.3 Å². The average Bonchev–Trinajstić information content (AvgIpc) is 3.24. The minimum absolute atomic E-state index is 0.114. The summed E-state index contributed by atoms with van der Waals surface area (Å²) < 4.78 is 23.0. The average molecular weight is 447 g/mol. The third kappa shape index (κ3) is 4.49. The van der Waals surface area contributed by atoms with E-state index in [-0.39, 0.29) is 13.0 Å². The Balaban J connectivity index is 1.74. The first-order valence-electron chi connectivity index (χ1n) is 10.4. The van der Waals surface area contributed by atoms with Crippen LogP contribution >= 0.6 is 0 Å². The molecule has 0 saturated heterocycles. The summed E-state index contributed by atoms with van der Waals surface area (Å²) in [5, 5.41) is 9.99. The number of benzene rings is 3. The van der Waals surface area contributed by atoms with Crippen molar-refractivity contribution in [2.75, 3.05) is 14.2 Å². The molecular formula is C26H25NO6. The molecule has 4 rings (SSSR count). The lowest BCUT2D eigenvalue weighted by Gasteiger charge is -2.14. The highest BCUT2D eigenvalue weighted by atomic mass is 16.5. The first-order chi connectivity index (χ1) is 16.0. The van der Waals surface area contributed by atoms with Gasteiger partial charge in [-0.25, -0.2) is 0 Å². The minimum atomic E-state index is -0.914. The number of hydrogen-bond donors (Lipinski definition) is 2. The number of ether oxygens (including phenoxy) is 3. The summed E-state index contributed by atoms with van der Waals surface area (Å²) in [6.45, 7) is 0.563. The van der Waals surface area contributed by atoms with Crippen molar-refractivity contribution in [1.29, 1.82) is 0 Å². The van der Waals surface area contributed by atoms with Crippen LogP contribution in [0.3, 0.4) is 0 Å². The van der Waals surface area contributed by atoms with Gasteiger partial charge in [0.05, 0.1) is 26.9 Å². The highest BCUT2D eigenvalue weighted by Gasteiger charge is 2.18. The summed E-state index contributed by atoms with van der Waals surface area (Å²) in [4.78, 5) is 11.2. The number of rotatable bonds is 9. The van der Waals surface area contributed by atoms with Gasteiger partial charge in [0, 0.05) is 34.2 Å². The summed E-state index contributed by atoms with van der Waals surface area (Å²) in [5.74, 6) is 0.906. The molecule has 1 aromatic heterocycles. The SMILES string of the molecule is COc1c(CN)cccc1-c1cc(OC)c2occ(COc3ccccc3CC(=O)O)c2c1. The van der Waals surface area contributed by atoms with E-state index in [1.807, 2.05) is 36.4 Å². The topological polar surface area (TPSA) is 104 Å². The molecule has 0 fully saturated rings. The molecule has 7 heteroatoms. The molecule has 0 aliphatic heterocycles. The van der Waals surface area contributed by atoms with E-state index < -0.39 is 5.97 Å². The van der Waals surface area contributed by atoms with E-state index in [0.29, 0.717) is 34.9 Å². The fraction of sp³-hybridized carbons (Fsp3) is 0.192. The zero-order chi connectivity index (χ0) is 23.4. The van der Waals surface area contributed by atoms with Crippen molar-refractivity contribution >= 4 is 16.9 Å². The zero-order valence-electron chi connectivity index (χ0n) is 18.5. The maximum absolute atomic E-state index is 11.2. The van der Waals surface area contributed by atoms with Gasteiger partial charge in [0.25, 0.3) is 0 Å². The molecule has 0 aliphatic rings. The van der Waals surface area contributed by atoms with Gasteiger partial charge in [0.2, 0.25) is 0 Å². The third-order valence-electron chi connectivity index (χ3n) is 5.47. The number of para-hydroxylation sites is 2. The first kappa shape index (κ1) is 22.2. The van der Waals surface area contributed by atoms with Crippen LogP contribution in [0.5, 0.6) is 17.2 Å². The van der Waals surface area contributed by atoms with E-state index in [4.69, 9.17) is 29.5 Å². The van der Waals surface area contributed by atoms with E-state index >= 15 is 0 Å². The Kier molecular flexibility index (Phi) is 6.51. The van der Waals surface area contributed by atoms with E-state index in [0.717, 1.165) is 27.6 Å². The fourth-order valence-electron chi connectivity index (χ4n) is 3.90. The second kappa shape index (κ2) is 9.67. The minimum Gasteiger partial charge on any atom is -0.496 e. The number of carboxylic acids is 1. The molecule has 0 saturated carbocycles. The standard InChI is InChI=1S/C26H25NO6/c1-30-23-11-18(20-8-5-7-17(13-27)25(20)31-2)10-21-19(15-33-26(21)23)14-32-22-9-4-3-6-16(22)12-24(28)29/h3-11,15H,12-14,27H2,1-2H3,(H,28,29). The number of carbonyl (C=O) groups is 1. The van der Waals surface area contributed by atoms with Crippen LogP contribution in [0.2, 0.25) is 0 Å². The van der Waals surface area contributed by atoms with Crippen LogP contribution in [-0.2, 0) is 24.4 Å². The van der Waals surface area contributed by atoms with Gasteiger partial charge in [-0.1, -0.05) is 36.4 Å². The van der Waals surface area contributed by atoms with Crippen LogP contribution in [0.4, 0.5) is 0 Å². The van der Waals surface area contributed by atoms with Crippen LogP contribution in [0.1, 0.15) is 16.7 Å². The number of carboxylic acid groups (broad SMARTS) is 1. The number of hydrogen-bond acceptors (Lipinski definition) is 6. The van der Waals surface area contributed by atoms with Gasteiger partial charge in [-0.3, -0.25) is 4.79 Å². The highest BCUT2D eigenvalue weighted by molar-refractivity contribution is 5.92. The zero-order valence-corrected chi connectivity index (χ0v) is 18.5. The molecule has 7 nitrogen and oxygen atoms in total. The maximum atomic E-state index is 11.2. The summed E-state index contributed by atoms with van der Waals surface area (Å²) in [6.07, 6.45) is 1.52. The quantitative estimate of drug-likeness (QED) is 0.380. The molecular weight excluding hydrogens is 422 g/mol. The molecule has 0 unspecified atom stereocenters. The molecule has 0 aliphatic carbocycles. The van der Waals surface area contributed by atoms with Gasteiger partial charge in [0.1, 0.15) is 18.1 Å². The lowest BCUT2D eigenvalue weighted by atomic mass is 9.98. The molecule has 0 radical (unpaired) electrons. The Labute approximate surface area is 191 Å². The van der Waals surface area contributed by atoms with Gasteiger partial charge in [-0.05, 0) is 23.8 Å². The summed E-state index contributed by atoms with van der Waals surface area (Å²) in [6, 6.07) is 16.9. The van der Waals surface area contributed by atoms with Crippen LogP contribution < -0.4 is 19.9 Å². The second-order valence-corrected chi connectivity index (χ2v) is 7.49. The monoisotopic (exact) mass is 447 g/mol. The van der Waals surface area contributed by atoms with Crippen LogP contribution in [0, 0.1) is 0 Å². The van der Waals surface area contributed by atoms with Crippen molar-refractivity contribution in [3.63, 3.8) is 0 Å². The van der Waals surface area contributed by atoms with E-state index in [1.54, 1.807) is 38.7 Å². The second-order valence-electron chi connectivity index (χ2n) is 7.49. The van der Waals surface area contributed by atoms with Crippen molar-refractivity contribution in [3.05, 3.63) is 77.6 Å². The van der Waals surface area contributed by atoms with Gasteiger partial charge >= 0.3 is 5.97 Å². The normalized spacial score (nSPS) is 10.9. The number of fused-ring (bicyclic) bond motifs is 1. The molecule has 0 bridgehead atoms. The Morgan fingerprint density at radius 2 is 1.76 bits per heavy atom. The van der Waals surface area contributed by atoms with E-state index in [1.165, 1.54) is 0 Å². The van der Waals surface area contributed by atoms with E-state index in [2.05, 4.69) is 0 Å². The molecule has 0 atom stereocenters. The predicted molar refractivity (Wildman–Crippen MR) is 125 cm³/mol. The van der Waals surface area contributed by atoms with Crippen molar-refractivity contribution in [1.82, 2.24) is 0 Å². The van der Waals surface area contributed by atoms with Crippen LogP contribution in [0.25, 0.3) is 22.1 Å². The third-order valence-corrected chi connectivity index (χ3v) is 5.47. The first-order valence-corrected chi connectivity index (χ1v) is 10.4. The van der Waals surface area contributed by atoms with Gasteiger partial charge < -0.3 is 29.5 Å². The molecule has 0 spiro atoms. The van der Waals surface area contributed by atoms with Crippen molar-refractivity contribution in [3.8, 4) is 28.4 Å². The predicted octanol–water partition coefficient (Wildman–Crippen LogP) is 4.78. The van der Waals surface area contributed by atoms with Crippen molar-refractivity contribution in [2.24, 2.45) is 5.73 Å². The Morgan fingerprint density at radius 1 is 0.970 bits per heavy atom. The fourth-order valence-corrected chi connectivity index (χ4v) is 3.90. The molecule has 0 amide bonds. The lowest BCUT2D eigenvalue weighted by molar-refractivity contribution is -0.136. The molecule has 3 aromatic carbocycles. The largest absolute Gasteiger partial charge is 0.496 e. The maximum Gasteiger partial charge on any atom is 0.307 e. The summed E-state index contributed by atoms with van der Waals surface area (Å²) >= 11 is 0. The molecule has 3 N–H and O–H groups in total. The summed E-state index contributed by atoms with van der Waals surface area (Å²) in [7, 11) is 3.21. The van der Waals surface area contributed by atoms with Gasteiger partial charge in [0.15, 0.2) is 11.3 Å². The molecule has 4 aromatic rings. The number of nitrogens with two attached hydrogens (primary N) is 1. The van der Waals surface area contributed by atoms with Crippen LogP contribution in [-0.4, -0.2) is 25.3 Å². The Bertz CT molecular complexity index is 1290. The van der Waals surface area contributed by atoms with Gasteiger partial charge in [-0.15, -0.1) is 0 Å². The van der Waals surface area contributed by atoms with Crippen molar-refractivity contribution < 1.29 is 28.5 Å². The highest BCUT2D eigenvalue weighted by Crippen LogP contribution is 2.40. The summed E-state index contributed by atoms with van der Waals surface area (Å²) in [5.41, 5.74) is 10.6. The van der Waals surface area contributed by atoms with Gasteiger partial charge in [-0.2, -0.15) is 0 Å². The molecule has 170 valence electrons. The Hall–Kier alpha value is -3.97.